The van der Waals surface area contributed by atoms with Gasteiger partial charge in [0.1, 0.15) is 0 Å². The zero-order valence-corrected chi connectivity index (χ0v) is 12.0. The predicted octanol–water partition coefficient (Wildman–Crippen LogP) is 2.16. The van der Waals surface area contributed by atoms with Crippen molar-refractivity contribution in [1.82, 2.24) is 10.2 Å². The molecular formula is C14H21ClN2O. The van der Waals surface area contributed by atoms with Gasteiger partial charge in [-0.15, -0.1) is 12.4 Å². The summed E-state index contributed by atoms with van der Waals surface area (Å²) >= 11 is 0. The molecule has 3 nitrogen and oxygen atoms in total. The monoisotopic (exact) mass is 268 g/mol. The number of nitrogens with one attached hydrogen (secondary N) is 1. The van der Waals surface area contributed by atoms with Crippen LogP contribution in [0.4, 0.5) is 0 Å². The Morgan fingerprint density at radius 3 is 2.44 bits per heavy atom. The number of carbonyl (C=O) groups is 1. The van der Waals surface area contributed by atoms with Gasteiger partial charge in [0.05, 0.1) is 0 Å². The minimum atomic E-state index is 0. The summed E-state index contributed by atoms with van der Waals surface area (Å²) in [4.78, 5) is 14.4. The molecule has 18 heavy (non-hydrogen) atoms. The smallest absolute Gasteiger partial charge is 0.254 e. The summed E-state index contributed by atoms with van der Waals surface area (Å²) in [5.41, 5.74) is 2.99. The number of rotatable bonds is 2. The van der Waals surface area contributed by atoms with Crippen LogP contribution in [0, 0.1) is 13.8 Å². The van der Waals surface area contributed by atoms with Gasteiger partial charge < -0.3 is 10.2 Å². The van der Waals surface area contributed by atoms with Gasteiger partial charge in [0, 0.05) is 25.2 Å². The SMILES string of the molecule is Cc1cccc(C)c1C(=O)N(C)C1CCNC1.Cl. The second-order valence-electron chi connectivity index (χ2n) is 4.83. The topological polar surface area (TPSA) is 32.3 Å². The van der Waals surface area contributed by atoms with Gasteiger partial charge in [0.25, 0.3) is 5.91 Å². The summed E-state index contributed by atoms with van der Waals surface area (Å²) in [6.45, 7) is 5.92. The van der Waals surface area contributed by atoms with Crippen LogP contribution in [-0.2, 0) is 0 Å². The van der Waals surface area contributed by atoms with Gasteiger partial charge in [-0.2, -0.15) is 0 Å². The summed E-state index contributed by atoms with van der Waals surface area (Å²) in [7, 11) is 1.91. The molecule has 0 bridgehead atoms. The summed E-state index contributed by atoms with van der Waals surface area (Å²) in [6, 6.07) is 6.34. The first kappa shape index (κ1) is 15.0. The highest BCUT2D eigenvalue weighted by molar-refractivity contribution is 5.97. The van der Waals surface area contributed by atoms with Crippen molar-refractivity contribution in [3.63, 3.8) is 0 Å². The molecule has 0 saturated carbocycles. The van der Waals surface area contributed by atoms with Crippen molar-refractivity contribution in [1.29, 1.82) is 0 Å². The van der Waals surface area contributed by atoms with Gasteiger partial charge in [-0.25, -0.2) is 0 Å². The van der Waals surface area contributed by atoms with Crippen LogP contribution in [0.15, 0.2) is 18.2 Å². The third-order valence-corrected chi connectivity index (χ3v) is 3.60. The average molecular weight is 269 g/mol. The van der Waals surface area contributed by atoms with E-state index in [1.165, 1.54) is 0 Å². The molecule has 1 aliphatic rings. The first-order chi connectivity index (χ1) is 8.11. The predicted molar refractivity (Wildman–Crippen MR) is 76.5 cm³/mol. The number of halogens is 1. The molecule has 1 aliphatic heterocycles. The number of benzene rings is 1. The molecule has 1 amide bonds. The second kappa shape index (κ2) is 6.21. The summed E-state index contributed by atoms with van der Waals surface area (Å²) < 4.78 is 0. The van der Waals surface area contributed by atoms with E-state index in [1.54, 1.807) is 0 Å². The molecule has 1 unspecified atom stereocenters. The molecule has 2 rings (SSSR count). The zero-order valence-electron chi connectivity index (χ0n) is 11.2. The van der Waals surface area contributed by atoms with E-state index in [0.717, 1.165) is 36.2 Å². The first-order valence-corrected chi connectivity index (χ1v) is 6.15. The number of nitrogens with zero attached hydrogens (tertiary/aromatic N) is 1. The van der Waals surface area contributed by atoms with Crippen molar-refractivity contribution in [3.05, 3.63) is 34.9 Å². The fourth-order valence-electron chi connectivity index (χ4n) is 2.46. The third-order valence-electron chi connectivity index (χ3n) is 3.60. The molecule has 1 atom stereocenters. The van der Waals surface area contributed by atoms with Gasteiger partial charge in [-0.1, -0.05) is 18.2 Å². The number of amides is 1. The molecule has 1 heterocycles. The van der Waals surface area contributed by atoms with Crippen molar-refractivity contribution in [3.8, 4) is 0 Å². The van der Waals surface area contributed by atoms with Crippen molar-refractivity contribution in [2.75, 3.05) is 20.1 Å². The summed E-state index contributed by atoms with van der Waals surface area (Å²) in [6.07, 6.45) is 1.05. The van der Waals surface area contributed by atoms with Crippen LogP contribution in [0.25, 0.3) is 0 Å². The minimum absolute atomic E-state index is 0. The van der Waals surface area contributed by atoms with Crippen LogP contribution >= 0.6 is 12.4 Å². The molecule has 1 fully saturated rings. The fourth-order valence-corrected chi connectivity index (χ4v) is 2.46. The van der Waals surface area contributed by atoms with E-state index in [1.807, 2.05) is 44.0 Å². The minimum Gasteiger partial charge on any atom is -0.337 e. The summed E-state index contributed by atoms with van der Waals surface area (Å²) in [5, 5.41) is 3.29. The quantitative estimate of drug-likeness (QED) is 0.892. The molecule has 1 aromatic carbocycles. The highest BCUT2D eigenvalue weighted by Gasteiger charge is 2.25. The van der Waals surface area contributed by atoms with Crippen LogP contribution < -0.4 is 5.32 Å². The largest absolute Gasteiger partial charge is 0.337 e. The molecule has 0 radical (unpaired) electrons. The average Bonchev–Trinajstić information content (AvgIpc) is 2.81. The molecule has 0 aliphatic carbocycles. The number of likely N-dealkylation sites (N-methyl/N-ethyl adjacent to an activating group) is 1. The molecule has 0 aromatic heterocycles. The van der Waals surface area contributed by atoms with E-state index in [4.69, 9.17) is 0 Å². The number of hydrogen-bond acceptors (Lipinski definition) is 2. The van der Waals surface area contributed by atoms with Crippen LogP contribution in [0.3, 0.4) is 0 Å². The van der Waals surface area contributed by atoms with Crippen LogP contribution in [0.1, 0.15) is 27.9 Å². The maximum Gasteiger partial charge on any atom is 0.254 e. The normalized spacial score (nSPS) is 18.3. The molecule has 100 valence electrons. The molecular weight excluding hydrogens is 248 g/mol. The van der Waals surface area contributed by atoms with Gasteiger partial charge in [0.15, 0.2) is 0 Å². The lowest BCUT2D eigenvalue weighted by Crippen LogP contribution is -2.38. The highest BCUT2D eigenvalue weighted by atomic mass is 35.5. The first-order valence-electron chi connectivity index (χ1n) is 6.15. The van der Waals surface area contributed by atoms with E-state index < -0.39 is 0 Å². The number of aryl methyl sites for hydroxylation is 2. The van der Waals surface area contributed by atoms with Gasteiger partial charge >= 0.3 is 0 Å². The Balaban J connectivity index is 0.00000162. The molecule has 1 aromatic rings. The Morgan fingerprint density at radius 2 is 1.94 bits per heavy atom. The van der Waals surface area contributed by atoms with Gasteiger partial charge in [-0.05, 0) is 37.9 Å². The lowest BCUT2D eigenvalue weighted by atomic mass is 10.0. The third kappa shape index (κ3) is 2.85. The van der Waals surface area contributed by atoms with E-state index >= 15 is 0 Å². The van der Waals surface area contributed by atoms with Crippen LogP contribution in [0.2, 0.25) is 0 Å². The molecule has 1 saturated heterocycles. The van der Waals surface area contributed by atoms with Crippen LogP contribution in [-0.4, -0.2) is 37.0 Å². The fraction of sp³-hybridized carbons (Fsp3) is 0.500. The maximum absolute atomic E-state index is 12.5. The van der Waals surface area contributed by atoms with Crippen molar-refractivity contribution >= 4 is 18.3 Å². The Hall–Kier alpha value is -1.06. The number of carbonyl (C=O) groups excluding carboxylic acids is 1. The lowest BCUT2D eigenvalue weighted by Gasteiger charge is -2.25. The van der Waals surface area contributed by atoms with E-state index in [9.17, 15) is 4.79 Å². The maximum atomic E-state index is 12.5. The standard InChI is InChI=1S/C14H20N2O.ClH/c1-10-5-4-6-11(2)13(10)14(17)16(3)12-7-8-15-9-12;/h4-6,12,15H,7-9H2,1-3H3;1H. The van der Waals surface area contributed by atoms with E-state index in [-0.39, 0.29) is 18.3 Å². The zero-order chi connectivity index (χ0) is 12.4. The Labute approximate surface area is 115 Å². The highest BCUT2D eigenvalue weighted by Crippen LogP contribution is 2.18. The van der Waals surface area contributed by atoms with Crippen molar-refractivity contribution in [2.24, 2.45) is 0 Å². The molecule has 0 spiro atoms. The molecule has 4 heteroatoms. The van der Waals surface area contributed by atoms with Gasteiger partial charge in [0.2, 0.25) is 0 Å². The number of hydrogen-bond donors (Lipinski definition) is 1. The van der Waals surface area contributed by atoms with Crippen molar-refractivity contribution < 1.29 is 4.79 Å². The van der Waals surface area contributed by atoms with E-state index in [2.05, 4.69) is 5.32 Å². The van der Waals surface area contributed by atoms with Gasteiger partial charge in [-0.3, -0.25) is 4.79 Å². The Kier molecular flexibility index (Phi) is 5.17. The Bertz CT molecular complexity index is 408. The van der Waals surface area contributed by atoms with Crippen molar-refractivity contribution in [2.45, 2.75) is 26.3 Å². The Morgan fingerprint density at radius 1 is 1.33 bits per heavy atom. The second-order valence-corrected chi connectivity index (χ2v) is 4.83. The lowest BCUT2D eigenvalue weighted by molar-refractivity contribution is 0.0742. The van der Waals surface area contributed by atoms with E-state index in [0.29, 0.717) is 6.04 Å². The summed E-state index contributed by atoms with van der Waals surface area (Å²) in [5.74, 6) is 0.148. The van der Waals surface area contributed by atoms with Crippen LogP contribution in [0.5, 0.6) is 0 Å². The molecule has 1 N–H and O–H groups in total.